The van der Waals surface area contributed by atoms with Crippen LogP contribution in [0.15, 0.2) is 4.99 Å². The van der Waals surface area contributed by atoms with Crippen molar-refractivity contribution in [2.24, 2.45) is 10.9 Å². The Morgan fingerprint density at radius 3 is 2.39 bits per heavy atom. The van der Waals surface area contributed by atoms with Gasteiger partial charge in [0.1, 0.15) is 6.04 Å². The van der Waals surface area contributed by atoms with Gasteiger partial charge in [0.05, 0.1) is 0 Å². The van der Waals surface area contributed by atoms with E-state index in [2.05, 4.69) is 22.1 Å². The number of guanidine groups is 1. The summed E-state index contributed by atoms with van der Waals surface area (Å²) in [5.41, 5.74) is 0. The number of hydrogen-bond donors (Lipinski definition) is 1. The molecule has 2 aliphatic rings. The van der Waals surface area contributed by atoms with Crippen LogP contribution in [0.2, 0.25) is 0 Å². The molecule has 2 fully saturated rings. The maximum Gasteiger partial charge on any atom is 0.403 e. The average Bonchev–Trinajstić information content (AvgIpc) is 3.23. The van der Waals surface area contributed by atoms with E-state index in [0.717, 1.165) is 11.9 Å². The molecule has 1 aliphatic carbocycles. The second-order valence-corrected chi connectivity index (χ2v) is 6.57. The summed E-state index contributed by atoms with van der Waals surface area (Å²) >= 11 is 0. The summed E-state index contributed by atoms with van der Waals surface area (Å²) in [6, 6.07) is -0.881. The summed E-state index contributed by atoms with van der Waals surface area (Å²) in [5.74, 6) is 1.60. The minimum Gasteiger partial charge on any atom is -0.353 e. The summed E-state index contributed by atoms with van der Waals surface area (Å²) in [4.78, 5) is 8.14. The molecule has 1 saturated carbocycles. The summed E-state index contributed by atoms with van der Waals surface area (Å²) in [6.45, 7) is 8.15. The molecule has 4 nitrogen and oxygen atoms in total. The van der Waals surface area contributed by atoms with Crippen LogP contribution in [-0.2, 0) is 0 Å². The molecule has 7 heteroatoms. The maximum atomic E-state index is 12.8. The molecular weight excluding hydrogens is 305 g/mol. The Bertz CT molecular complexity index is 403. The molecule has 2 rings (SSSR count). The molecule has 0 radical (unpaired) electrons. The van der Waals surface area contributed by atoms with Crippen LogP contribution in [0.4, 0.5) is 13.2 Å². The monoisotopic (exact) mass is 334 g/mol. The Labute approximate surface area is 137 Å². The lowest BCUT2D eigenvalue weighted by Gasteiger charge is -2.39. The van der Waals surface area contributed by atoms with Crippen molar-refractivity contribution < 1.29 is 13.2 Å². The Hall–Kier alpha value is -0.980. The summed E-state index contributed by atoms with van der Waals surface area (Å²) in [6.07, 6.45) is -0.547. The highest BCUT2D eigenvalue weighted by Gasteiger charge is 2.42. The van der Waals surface area contributed by atoms with Crippen LogP contribution in [0.1, 0.15) is 40.0 Å². The van der Waals surface area contributed by atoms with Crippen molar-refractivity contribution in [3.8, 4) is 0 Å². The fraction of sp³-hybridized carbons (Fsp3) is 0.938. The third-order valence-electron chi connectivity index (χ3n) is 4.84. The normalized spacial score (nSPS) is 27.9. The summed E-state index contributed by atoms with van der Waals surface area (Å²) in [5, 5.41) is 3.51. The van der Waals surface area contributed by atoms with E-state index in [1.807, 2.05) is 6.92 Å². The van der Waals surface area contributed by atoms with Crippen LogP contribution in [0.3, 0.4) is 0 Å². The van der Waals surface area contributed by atoms with E-state index in [4.69, 9.17) is 0 Å². The summed E-state index contributed by atoms with van der Waals surface area (Å²) in [7, 11) is 0. The zero-order valence-electron chi connectivity index (χ0n) is 14.4. The number of hydrogen-bond acceptors (Lipinski definition) is 2. The van der Waals surface area contributed by atoms with E-state index in [-0.39, 0.29) is 0 Å². The highest BCUT2D eigenvalue weighted by Crippen LogP contribution is 2.34. The molecule has 0 aromatic carbocycles. The summed E-state index contributed by atoms with van der Waals surface area (Å²) < 4.78 is 38.4. The first-order chi connectivity index (χ1) is 10.9. The van der Waals surface area contributed by atoms with Crippen molar-refractivity contribution >= 4 is 5.96 Å². The first-order valence-corrected chi connectivity index (χ1v) is 8.73. The molecule has 0 amide bonds. The van der Waals surface area contributed by atoms with Crippen LogP contribution in [0, 0.1) is 5.92 Å². The van der Waals surface area contributed by atoms with Crippen molar-refractivity contribution in [1.29, 1.82) is 0 Å². The largest absolute Gasteiger partial charge is 0.403 e. The maximum absolute atomic E-state index is 12.8. The molecule has 1 N–H and O–H groups in total. The SMILES string of the molecule is CCCC1CC1NC(=NCC)N1CCN(C(C)C(F)(F)F)CC1. The molecule has 3 unspecified atom stereocenters. The Kier molecular flexibility index (Phi) is 6.17. The molecule has 3 atom stereocenters. The van der Waals surface area contributed by atoms with Gasteiger partial charge in [0.15, 0.2) is 5.96 Å². The van der Waals surface area contributed by atoms with Gasteiger partial charge >= 0.3 is 6.18 Å². The van der Waals surface area contributed by atoms with Gasteiger partial charge in [-0.2, -0.15) is 13.2 Å². The highest BCUT2D eigenvalue weighted by atomic mass is 19.4. The van der Waals surface area contributed by atoms with Crippen molar-refractivity contribution in [2.75, 3.05) is 32.7 Å². The minimum absolute atomic E-state index is 0.425. The van der Waals surface area contributed by atoms with Gasteiger partial charge in [-0.25, -0.2) is 0 Å². The van der Waals surface area contributed by atoms with Crippen LogP contribution in [0.25, 0.3) is 0 Å². The average molecular weight is 334 g/mol. The quantitative estimate of drug-likeness (QED) is 0.619. The molecule has 1 aliphatic heterocycles. The molecule has 0 bridgehead atoms. The van der Waals surface area contributed by atoms with Crippen molar-refractivity contribution in [3.63, 3.8) is 0 Å². The Morgan fingerprint density at radius 2 is 1.87 bits per heavy atom. The lowest BCUT2D eigenvalue weighted by atomic mass is 10.2. The van der Waals surface area contributed by atoms with Crippen molar-refractivity contribution in [2.45, 2.75) is 58.3 Å². The van der Waals surface area contributed by atoms with E-state index < -0.39 is 12.2 Å². The van der Waals surface area contributed by atoms with Gasteiger partial charge in [0.2, 0.25) is 0 Å². The molecule has 1 heterocycles. The van der Waals surface area contributed by atoms with Crippen molar-refractivity contribution in [3.05, 3.63) is 0 Å². The zero-order chi connectivity index (χ0) is 17.0. The second-order valence-electron chi connectivity index (χ2n) is 6.57. The van der Waals surface area contributed by atoms with Gasteiger partial charge in [0.25, 0.3) is 0 Å². The molecule has 1 saturated heterocycles. The topological polar surface area (TPSA) is 30.9 Å². The van der Waals surface area contributed by atoms with Gasteiger partial charge < -0.3 is 10.2 Å². The molecule has 0 aromatic rings. The number of nitrogens with one attached hydrogen (secondary N) is 1. The first kappa shape index (κ1) is 18.4. The number of piperazine rings is 1. The van der Waals surface area contributed by atoms with E-state index in [1.54, 1.807) is 0 Å². The van der Waals surface area contributed by atoms with Crippen LogP contribution in [-0.4, -0.2) is 66.7 Å². The number of halogens is 3. The van der Waals surface area contributed by atoms with Gasteiger partial charge in [-0.15, -0.1) is 0 Å². The fourth-order valence-corrected chi connectivity index (χ4v) is 3.19. The van der Waals surface area contributed by atoms with E-state index in [0.29, 0.717) is 38.8 Å². The van der Waals surface area contributed by atoms with E-state index in [1.165, 1.54) is 31.1 Å². The number of rotatable bonds is 5. The van der Waals surface area contributed by atoms with Crippen LogP contribution in [0.5, 0.6) is 0 Å². The van der Waals surface area contributed by atoms with Crippen LogP contribution < -0.4 is 5.32 Å². The zero-order valence-corrected chi connectivity index (χ0v) is 14.4. The van der Waals surface area contributed by atoms with E-state index >= 15 is 0 Å². The lowest BCUT2D eigenvalue weighted by molar-refractivity contribution is -0.181. The van der Waals surface area contributed by atoms with Crippen LogP contribution >= 0.6 is 0 Å². The number of alkyl halides is 3. The second kappa shape index (κ2) is 7.73. The lowest BCUT2D eigenvalue weighted by Crippen LogP contribution is -2.57. The van der Waals surface area contributed by atoms with Gasteiger partial charge in [0, 0.05) is 38.8 Å². The number of aliphatic imine (C=N–C) groups is 1. The predicted molar refractivity (Wildman–Crippen MR) is 86.6 cm³/mol. The fourth-order valence-electron chi connectivity index (χ4n) is 3.19. The standard InChI is InChI=1S/C16H29F3N4/c1-4-6-13-11-14(13)21-15(20-5-2)23-9-7-22(8-10-23)12(3)16(17,18)19/h12-14H,4-11H2,1-3H3,(H,20,21). The smallest absolute Gasteiger partial charge is 0.353 e. The third-order valence-corrected chi connectivity index (χ3v) is 4.84. The molecular formula is C16H29F3N4. The molecule has 0 aromatic heterocycles. The molecule has 0 spiro atoms. The molecule has 134 valence electrons. The Morgan fingerprint density at radius 1 is 1.22 bits per heavy atom. The highest BCUT2D eigenvalue weighted by molar-refractivity contribution is 5.80. The number of nitrogens with zero attached hydrogens (tertiary/aromatic N) is 3. The van der Waals surface area contributed by atoms with Gasteiger partial charge in [-0.3, -0.25) is 9.89 Å². The molecule has 23 heavy (non-hydrogen) atoms. The minimum atomic E-state index is -4.15. The van der Waals surface area contributed by atoms with E-state index in [9.17, 15) is 13.2 Å². The Balaban J connectivity index is 1.85. The van der Waals surface area contributed by atoms with Crippen molar-refractivity contribution in [1.82, 2.24) is 15.1 Å². The van der Waals surface area contributed by atoms with Gasteiger partial charge in [-0.05, 0) is 32.6 Å². The predicted octanol–water partition coefficient (Wildman–Crippen LogP) is 2.71. The van der Waals surface area contributed by atoms with Gasteiger partial charge in [-0.1, -0.05) is 13.3 Å². The third kappa shape index (κ3) is 4.99. The first-order valence-electron chi connectivity index (χ1n) is 8.73.